The molecule has 0 aliphatic carbocycles. The monoisotopic (exact) mass is 382 g/mol. The molecule has 0 fully saturated rings. The van der Waals surface area contributed by atoms with Gasteiger partial charge in [-0.1, -0.05) is 29.3 Å². The first-order chi connectivity index (χ1) is 12.0. The minimum Gasteiger partial charge on any atom is -0.493 e. The van der Waals surface area contributed by atoms with Crippen molar-refractivity contribution in [2.24, 2.45) is 0 Å². The van der Waals surface area contributed by atoms with Gasteiger partial charge in [0.2, 0.25) is 0 Å². The number of hydrogen-bond donors (Lipinski definition) is 0. The summed E-state index contributed by atoms with van der Waals surface area (Å²) in [6.07, 6.45) is -0.113. The second-order valence-electron chi connectivity index (χ2n) is 5.03. The second-order valence-corrected chi connectivity index (χ2v) is 5.85. The topological polar surface area (TPSA) is 61.8 Å². The number of rotatable bonds is 7. The van der Waals surface area contributed by atoms with Crippen LogP contribution in [0.2, 0.25) is 10.0 Å². The van der Waals surface area contributed by atoms with Gasteiger partial charge >= 0.3 is 5.97 Å². The molecule has 0 atom stereocenters. The van der Waals surface area contributed by atoms with Crippen LogP contribution >= 0.6 is 23.2 Å². The number of hydrogen-bond acceptors (Lipinski definition) is 5. The maximum atomic E-state index is 12.2. The molecule has 0 heterocycles. The molecular weight excluding hydrogens is 367 g/mol. The summed E-state index contributed by atoms with van der Waals surface area (Å²) in [7, 11) is 2.97. The Morgan fingerprint density at radius 1 is 0.960 bits per heavy atom. The first-order valence-corrected chi connectivity index (χ1v) is 8.05. The van der Waals surface area contributed by atoms with E-state index in [4.69, 9.17) is 37.4 Å². The molecule has 0 N–H and O–H groups in total. The van der Waals surface area contributed by atoms with E-state index in [0.717, 1.165) is 0 Å². The molecule has 0 amide bonds. The highest BCUT2D eigenvalue weighted by Crippen LogP contribution is 2.28. The maximum Gasteiger partial charge on any atom is 0.310 e. The van der Waals surface area contributed by atoms with Gasteiger partial charge in [0, 0.05) is 21.2 Å². The van der Waals surface area contributed by atoms with Gasteiger partial charge in [0.1, 0.15) is 0 Å². The Labute approximate surface area is 155 Å². The summed E-state index contributed by atoms with van der Waals surface area (Å²) >= 11 is 12.0. The zero-order valence-electron chi connectivity index (χ0n) is 13.7. The van der Waals surface area contributed by atoms with Crippen molar-refractivity contribution in [2.45, 2.75) is 6.42 Å². The van der Waals surface area contributed by atoms with Crippen LogP contribution in [-0.4, -0.2) is 32.6 Å². The van der Waals surface area contributed by atoms with Gasteiger partial charge in [0.15, 0.2) is 23.9 Å². The highest BCUT2D eigenvalue weighted by molar-refractivity contribution is 6.36. The highest BCUT2D eigenvalue weighted by Gasteiger charge is 2.15. The highest BCUT2D eigenvalue weighted by atomic mass is 35.5. The lowest BCUT2D eigenvalue weighted by atomic mass is 10.1. The Bertz CT molecular complexity index is 769. The largest absolute Gasteiger partial charge is 0.493 e. The predicted molar refractivity (Wildman–Crippen MR) is 95.0 cm³/mol. The summed E-state index contributed by atoms with van der Waals surface area (Å²) in [6.45, 7) is -0.392. The van der Waals surface area contributed by atoms with E-state index in [1.165, 1.54) is 20.3 Å². The van der Waals surface area contributed by atoms with Crippen molar-refractivity contribution in [2.75, 3.05) is 20.8 Å². The predicted octanol–water partition coefficient (Wildman–Crippen LogP) is 3.98. The molecule has 5 nitrogen and oxygen atoms in total. The molecule has 0 spiro atoms. The second kappa shape index (κ2) is 8.74. The van der Waals surface area contributed by atoms with E-state index in [9.17, 15) is 9.59 Å². The molecule has 2 aromatic rings. The van der Waals surface area contributed by atoms with Gasteiger partial charge < -0.3 is 14.2 Å². The summed E-state index contributed by atoms with van der Waals surface area (Å²) in [5.41, 5.74) is 0.815. The molecule has 2 aromatic carbocycles. The quantitative estimate of drug-likeness (QED) is 0.535. The van der Waals surface area contributed by atoms with Crippen molar-refractivity contribution in [1.29, 1.82) is 0 Å². The van der Waals surface area contributed by atoms with Crippen molar-refractivity contribution in [1.82, 2.24) is 0 Å². The number of halogens is 2. The molecule has 0 saturated heterocycles. The third kappa shape index (κ3) is 4.87. The van der Waals surface area contributed by atoms with E-state index < -0.39 is 12.6 Å². The number of esters is 1. The average Bonchev–Trinajstić information content (AvgIpc) is 2.62. The van der Waals surface area contributed by atoms with Crippen LogP contribution in [0.4, 0.5) is 0 Å². The lowest BCUT2D eigenvalue weighted by molar-refractivity contribution is -0.141. The van der Waals surface area contributed by atoms with Crippen molar-refractivity contribution in [3.05, 3.63) is 57.6 Å². The first-order valence-electron chi connectivity index (χ1n) is 7.30. The zero-order chi connectivity index (χ0) is 18.4. The van der Waals surface area contributed by atoms with Crippen LogP contribution in [0.5, 0.6) is 11.5 Å². The average molecular weight is 383 g/mol. The van der Waals surface area contributed by atoms with Crippen LogP contribution < -0.4 is 9.47 Å². The zero-order valence-corrected chi connectivity index (χ0v) is 15.2. The lowest BCUT2D eigenvalue weighted by Crippen LogP contribution is -2.16. The summed E-state index contributed by atoms with van der Waals surface area (Å²) in [4.78, 5) is 24.1. The van der Waals surface area contributed by atoms with Gasteiger partial charge in [-0.25, -0.2) is 0 Å². The van der Waals surface area contributed by atoms with Crippen LogP contribution in [0.25, 0.3) is 0 Å². The van der Waals surface area contributed by atoms with E-state index in [-0.39, 0.29) is 12.2 Å². The summed E-state index contributed by atoms with van der Waals surface area (Å²) in [6, 6.07) is 9.65. The van der Waals surface area contributed by atoms with E-state index in [1.807, 2.05) is 0 Å². The van der Waals surface area contributed by atoms with Gasteiger partial charge in [0.05, 0.1) is 20.6 Å². The number of carbonyl (C=O) groups excluding carboxylic acids is 2. The fourth-order valence-electron chi connectivity index (χ4n) is 2.14. The third-order valence-electron chi connectivity index (χ3n) is 3.45. The lowest BCUT2D eigenvalue weighted by Gasteiger charge is -2.10. The van der Waals surface area contributed by atoms with Gasteiger partial charge in [-0.05, 0) is 30.3 Å². The van der Waals surface area contributed by atoms with Crippen LogP contribution in [0.1, 0.15) is 15.9 Å². The Morgan fingerprint density at radius 2 is 1.60 bits per heavy atom. The van der Waals surface area contributed by atoms with Crippen molar-refractivity contribution < 1.29 is 23.8 Å². The van der Waals surface area contributed by atoms with Gasteiger partial charge in [-0.3, -0.25) is 9.59 Å². The molecule has 0 aliphatic heterocycles. The van der Waals surface area contributed by atoms with E-state index in [2.05, 4.69) is 0 Å². The Kier molecular flexibility index (Phi) is 6.67. The third-order valence-corrected chi connectivity index (χ3v) is 4.16. The number of carbonyl (C=O) groups is 2. The molecule has 7 heteroatoms. The summed E-state index contributed by atoms with van der Waals surface area (Å²) in [5, 5.41) is 0.742. The van der Waals surface area contributed by atoms with Gasteiger partial charge in [-0.2, -0.15) is 0 Å². The maximum absolute atomic E-state index is 12.2. The van der Waals surface area contributed by atoms with E-state index in [0.29, 0.717) is 32.7 Å². The van der Waals surface area contributed by atoms with Crippen molar-refractivity contribution in [3.8, 4) is 11.5 Å². The fraction of sp³-hybridized carbons (Fsp3) is 0.222. The molecule has 0 aliphatic rings. The Balaban J connectivity index is 1.99. The molecule has 0 radical (unpaired) electrons. The van der Waals surface area contributed by atoms with Crippen molar-refractivity contribution in [3.63, 3.8) is 0 Å². The minimum absolute atomic E-state index is 0.113. The van der Waals surface area contributed by atoms with Crippen LogP contribution in [0.15, 0.2) is 36.4 Å². The van der Waals surface area contributed by atoms with E-state index in [1.54, 1.807) is 30.3 Å². The smallest absolute Gasteiger partial charge is 0.310 e. The molecule has 132 valence electrons. The number of ketones is 1. The Hall–Kier alpha value is -2.24. The number of Topliss-reactive ketones (excluding diaryl/α,β-unsaturated/α-hetero) is 1. The van der Waals surface area contributed by atoms with Gasteiger partial charge in [0.25, 0.3) is 0 Å². The number of benzene rings is 2. The van der Waals surface area contributed by atoms with Gasteiger partial charge in [-0.15, -0.1) is 0 Å². The van der Waals surface area contributed by atoms with Crippen LogP contribution in [0.3, 0.4) is 0 Å². The van der Waals surface area contributed by atoms with Crippen LogP contribution in [0, 0.1) is 0 Å². The molecule has 0 unspecified atom stereocenters. The summed E-state index contributed by atoms with van der Waals surface area (Å²) in [5.74, 6) is -0.0321. The fourth-order valence-corrected chi connectivity index (χ4v) is 2.67. The van der Waals surface area contributed by atoms with E-state index >= 15 is 0 Å². The molecular formula is C18H16Cl2O5. The minimum atomic E-state index is -0.594. The summed E-state index contributed by atoms with van der Waals surface area (Å²) < 4.78 is 15.3. The Morgan fingerprint density at radius 3 is 2.20 bits per heavy atom. The normalized spacial score (nSPS) is 10.2. The molecule has 0 saturated carbocycles. The molecule has 0 aromatic heterocycles. The SMILES string of the molecule is COc1ccc(C(=O)COC(=O)Cc2c(Cl)cccc2Cl)cc1OC. The number of ether oxygens (including phenoxy) is 3. The first kappa shape index (κ1) is 19.1. The molecule has 0 bridgehead atoms. The molecule has 2 rings (SSSR count). The standard InChI is InChI=1S/C18H16Cl2O5/c1-23-16-7-6-11(8-17(16)24-2)15(21)10-25-18(22)9-12-13(19)4-3-5-14(12)20/h3-8H,9-10H2,1-2H3. The van der Waals surface area contributed by atoms with Crippen LogP contribution in [-0.2, 0) is 16.0 Å². The molecule has 25 heavy (non-hydrogen) atoms. The van der Waals surface area contributed by atoms with Crippen molar-refractivity contribution >= 4 is 35.0 Å². The number of methoxy groups -OCH3 is 2.